The summed E-state index contributed by atoms with van der Waals surface area (Å²) >= 11 is 3.34. The summed E-state index contributed by atoms with van der Waals surface area (Å²) in [6, 6.07) is 5.02. The Bertz CT molecular complexity index is 874. The number of fused-ring (bicyclic) bond motifs is 2. The van der Waals surface area contributed by atoms with Crippen LogP contribution in [0.1, 0.15) is 81.5 Å². The number of carbonyl (C=O) groups excluding carboxylic acids is 1. The van der Waals surface area contributed by atoms with Crippen LogP contribution in [0.5, 0.6) is 0 Å². The summed E-state index contributed by atoms with van der Waals surface area (Å²) in [5, 5.41) is 15.4. The predicted molar refractivity (Wildman–Crippen MR) is 127 cm³/mol. The van der Waals surface area contributed by atoms with Crippen LogP contribution >= 0.6 is 23.1 Å². The molecule has 3 saturated carbocycles. The number of thioether (sulfide) groups is 1. The summed E-state index contributed by atoms with van der Waals surface area (Å²) in [5.74, 6) is 4.04. The molecule has 3 aliphatic rings. The molecule has 7 heteroatoms. The third-order valence-corrected chi connectivity index (χ3v) is 9.56. The van der Waals surface area contributed by atoms with Crippen molar-refractivity contribution in [3.8, 4) is 0 Å². The Kier molecular flexibility index (Phi) is 6.70. The lowest BCUT2D eigenvalue weighted by atomic mass is 9.84. The molecule has 0 saturated heterocycles. The Balaban J connectivity index is 1.23. The SMILES string of the molecule is CC(NC(=O)CSc1nnc(Cc2cccs2)n1C1CCCCC1)C1CC2CCC1C2. The molecule has 0 radical (unpaired) electrons. The van der Waals surface area contributed by atoms with Crippen LogP contribution in [0.3, 0.4) is 0 Å². The van der Waals surface area contributed by atoms with Gasteiger partial charge >= 0.3 is 0 Å². The van der Waals surface area contributed by atoms with Gasteiger partial charge in [-0.15, -0.1) is 21.5 Å². The van der Waals surface area contributed by atoms with E-state index in [4.69, 9.17) is 0 Å². The van der Waals surface area contributed by atoms with Gasteiger partial charge in [-0.2, -0.15) is 0 Å². The van der Waals surface area contributed by atoms with E-state index in [1.54, 1.807) is 23.1 Å². The minimum absolute atomic E-state index is 0.137. The van der Waals surface area contributed by atoms with Crippen LogP contribution in [0.4, 0.5) is 0 Å². The third kappa shape index (κ3) is 4.87. The van der Waals surface area contributed by atoms with E-state index < -0.39 is 0 Å². The van der Waals surface area contributed by atoms with Crippen molar-refractivity contribution in [1.29, 1.82) is 0 Å². The first-order valence-electron chi connectivity index (χ1n) is 12.1. The zero-order valence-corrected chi connectivity index (χ0v) is 20.1. The van der Waals surface area contributed by atoms with Crippen LogP contribution in [0.25, 0.3) is 0 Å². The molecule has 0 spiro atoms. The molecule has 1 N–H and O–H groups in total. The highest BCUT2D eigenvalue weighted by atomic mass is 32.2. The van der Waals surface area contributed by atoms with Crippen molar-refractivity contribution in [2.24, 2.45) is 17.8 Å². The Morgan fingerprint density at radius 2 is 2.10 bits per heavy atom. The highest BCUT2D eigenvalue weighted by Gasteiger charge is 2.42. The Morgan fingerprint density at radius 3 is 2.81 bits per heavy atom. The predicted octanol–water partition coefficient (Wildman–Crippen LogP) is 5.47. The normalized spacial score (nSPS) is 26.9. The molecule has 2 aromatic heterocycles. The summed E-state index contributed by atoms with van der Waals surface area (Å²) in [7, 11) is 0. The Morgan fingerprint density at radius 1 is 1.23 bits per heavy atom. The maximum atomic E-state index is 12.8. The van der Waals surface area contributed by atoms with Crippen molar-refractivity contribution in [2.45, 2.75) is 88.4 Å². The summed E-state index contributed by atoms with van der Waals surface area (Å²) in [6.07, 6.45) is 12.5. The largest absolute Gasteiger partial charge is 0.353 e. The fraction of sp³-hybridized carbons (Fsp3) is 0.708. The van der Waals surface area contributed by atoms with E-state index in [0.717, 1.165) is 29.2 Å². The fourth-order valence-corrected chi connectivity index (χ4v) is 7.78. The monoisotopic (exact) mass is 458 g/mol. The highest BCUT2D eigenvalue weighted by molar-refractivity contribution is 7.99. The summed E-state index contributed by atoms with van der Waals surface area (Å²) in [4.78, 5) is 14.1. The number of hydrogen-bond donors (Lipinski definition) is 1. The molecule has 2 bridgehead atoms. The molecule has 2 aromatic rings. The molecule has 4 atom stereocenters. The molecule has 31 heavy (non-hydrogen) atoms. The van der Waals surface area contributed by atoms with Crippen molar-refractivity contribution in [3.05, 3.63) is 28.2 Å². The minimum Gasteiger partial charge on any atom is -0.353 e. The number of hydrogen-bond acceptors (Lipinski definition) is 5. The van der Waals surface area contributed by atoms with Crippen molar-refractivity contribution in [3.63, 3.8) is 0 Å². The average molecular weight is 459 g/mol. The number of nitrogens with zero attached hydrogens (tertiary/aromatic N) is 3. The molecular formula is C24H34N4OS2. The number of carbonyl (C=O) groups is 1. The molecule has 0 aromatic carbocycles. The number of aromatic nitrogens is 3. The fourth-order valence-electron chi connectivity index (χ4n) is 6.24. The van der Waals surface area contributed by atoms with Crippen LogP contribution in [0, 0.1) is 17.8 Å². The highest BCUT2D eigenvalue weighted by Crippen LogP contribution is 2.49. The zero-order valence-electron chi connectivity index (χ0n) is 18.5. The second-order valence-corrected chi connectivity index (χ2v) is 11.8. The minimum atomic E-state index is 0.137. The lowest BCUT2D eigenvalue weighted by Crippen LogP contribution is -2.41. The van der Waals surface area contributed by atoms with Gasteiger partial charge in [0.15, 0.2) is 5.16 Å². The molecule has 3 aliphatic carbocycles. The molecule has 3 fully saturated rings. The van der Waals surface area contributed by atoms with E-state index in [-0.39, 0.29) is 11.9 Å². The molecule has 4 unspecified atom stereocenters. The van der Waals surface area contributed by atoms with E-state index in [2.05, 4.69) is 44.5 Å². The van der Waals surface area contributed by atoms with Crippen LogP contribution in [-0.4, -0.2) is 32.5 Å². The average Bonchev–Trinajstić information content (AvgIpc) is 3.58. The first kappa shape index (κ1) is 21.5. The number of amides is 1. The summed E-state index contributed by atoms with van der Waals surface area (Å²) in [6.45, 7) is 2.21. The molecule has 5 nitrogen and oxygen atoms in total. The topological polar surface area (TPSA) is 59.8 Å². The van der Waals surface area contributed by atoms with E-state index in [0.29, 0.717) is 17.7 Å². The van der Waals surface area contributed by atoms with Crippen LogP contribution in [-0.2, 0) is 11.2 Å². The quantitative estimate of drug-likeness (QED) is 0.533. The van der Waals surface area contributed by atoms with E-state index in [9.17, 15) is 4.79 Å². The molecule has 0 aliphatic heterocycles. The standard InChI is InChI=1S/C24H34N4OS2/c1-16(21-13-17-9-10-18(21)12-17)25-23(29)15-31-24-27-26-22(14-20-8-5-11-30-20)28(24)19-6-3-2-4-7-19/h5,8,11,16-19,21H,2-4,6-7,9-10,12-15H2,1H3,(H,25,29). The van der Waals surface area contributed by atoms with Crippen molar-refractivity contribution < 1.29 is 4.79 Å². The molecule has 168 valence electrons. The van der Waals surface area contributed by atoms with Gasteiger partial charge in [-0.1, -0.05) is 43.5 Å². The van der Waals surface area contributed by atoms with E-state index in [1.165, 1.54) is 62.7 Å². The van der Waals surface area contributed by atoms with Gasteiger partial charge in [0.2, 0.25) is 5.91 Å². The molecule has 1 amide bonds. The first-order valence-corrected chi connectivity index (χ1v) is 13.9. The van der Waals surface area contributed by atoms with Gasteiger partial charge in [0.05, 0.1) is 5.75 Å². The van der Waals surface area contributed by atoms with Crippen molar-refractivity contribution in [1.82, 2.24) is 20.1 Å². The smallest absolute Gasteiger partial charge is 0.230 e. The van der Waals surface area contributed by atoms with Gasteiger partial charge in [0.25, 0.3) is 0 Å². The molecular weight excluding hydrogens is 424 g/mol. The second kappa shape index (κ2) is 9.65. The van der Waals surface area contributed by atoms with Crippen LogP contribution < -0.4 is 5.32 Å². The first-order chi connectivity index (χ1) is 15.2. The van der Waals surface area contributed by atoms with E-state index in [1.807, 2.05) is 0 Å². The van der Waals surface area contributed by atoms with Crippen LogP contribution in [0.15, 0.2) is 22.7 Å². The number of thiophene rings is 1. The third-order valence-electron chi connectivity index (χ3n) is 7.74. The van der Waals surface area contributed by atoms with Crippen molar-refractivity contribution in [2.75, 3.05) is 5.75 Å². The lowest BCUT2D eigenvalue weighted by Gasteiger charge is -2.28. The number of nitrogens with one attached hydrogen (secondary N) is 1. The molecule has 5 rings (SSSR count). The molecule has 2 heterocycles. The van der Waals surface area contributed by atoms with Crippen molar-refractivity contribution >= 4 is 29.0 Å². The van der Waals surface area contributed by atoms with Gasteiger partial charge in [0, 0.05) is 23.4 Å². The van der Waals surface area contributed by atoms with Crippen LogP contribution in [0.2, 0.25) is 0 Å². The second-order valence-electron chi connectivity index (χ2n) is 9.80. The number of rotatable bonds is 8. The Hall–Kier alpha value is -1.34. The Labute approximate surface area is 193 Å². The van der Waals surface area contributed by atoms with E-state index >= 15 is 0 Å². The lowest BCUT2D eigenvalue weighted by molar-refractivity contribution is -0.119. The summed E-state index contributed by atoms with van der Waals surface area (Å²) in [5.41, 5.74) is 0. The summed E-state index contributed by atoms with van der Waals surface area (Å²) < 4.78 is 2.36. The van der Waals surface area contributed by atoms with Gasteiger partial charge in [0.1, 0.15) is 5.82 Å². The van der Waals surface area contributed by atoms with Gasteiger partial charge in [-0.3, -0.25) is 4.79 Å². The maximum Gasteiger partial charge on any atom is 0.230 e. The maximum absolute atomic E-state index is 12.8. The van der Waals surface area contributed by atoms with Gasteiger partial charge < -0.3 is 9.88 Å². The van der Waals surface area contributed by atoms with Gasteiger partial charge in [-0.05, 0) is 68.2 Å². The zero-order chi connectivity index (χ0) is 21.2. The van der Waals surface area contributed by atoms with Gasteiger partial charge in [-0.25, -0.2) is 0 Å².